The van der Waals surface area contributed by atoms with E-state index in [9.17, 15) is 0 Å². The molecule has 0 spiro atoms. The largest absolute Gasteiger partial charge is 0.356 e. The molecule has 84 valence electrons. The molecule has 0 aromatic carbocycles. The molecule has 3 nitrogen and oxygen atoms in total. The van der Waals surface area contributed by atoms with Crippen molar-refractivity contribution in [3.8, 4) is 0 Å². The predicted octanol–water partition coefficient (Wildman–Crippen LogP) is 2.62. The number of allylic oxidation sites excluding steroid dienone is 1. The highest BCUT2D eigenvalue weighted by atomic mass is 32.2. The molecule has 0 unspecified atom stereocenters. The summed E-state index contributed by atoms with van der Waals surface area (Å²) in [5.41, 5.74) is 0. The van der Waals surface area contributed by atoms with Crippen LogP contribution in [0.1, 0.15) is 12.8 Å². The normalized spacial score (nSPS) is 10.2. The Hall–Kier alpha value is -0.900. The van der Waals surface area contributed by atoms with Gasteiger partial charge in [0, 0.05) is 25.5 Å². The van der Waals surface area contributed by atoms with E-state index in [0.29, 0.717) is 0 Å². The van der Waals surface area contributed by atoms with Crippen LogP contribution in [0.2, 0.25) is 0 Å². The maximum atomic E-state index is 4.25. The van der Waals surface area contributed by atoms with E-state index < -0.39 is 0 Å². The zero-order valence-corrected chi connectivity index (χ0v) is 10.1. The Morgan fingerprint density at radius 1 is 1.60 bits per heavy atom. The first-order chi connectivity index (χ1) is 7.38. The molecule has 1 aromatic heterocycles. The number of nitrogens with zero attached hydrogens (tertiary/aromatic N) is 2. The van der Waals surface area contributed by atoms with Gasteiger partial charge in [0.1, 0.15) is 0 Å². The lowest BCUT2D eigenvalue weighted by atomic mass is 10.3. The van der Waals surface area contributed by atoms with Crippen molar-refractivity contribution in [2.75, 3.05) is 23.9 Å². The van der Waals surface area contributed by atoms with Gasteiger partial charge in [0.2, 0.25) is 5.95 Å². The van der Waals surface area contributed by atoms with Crippen LogP contribution in [0.5, 0.6) is 0 Å². The Bertz CT molecular complexity index is 283. The summed E-state index contributed by atoms with van der Waals surface area (Å²) in [4.78, 5) is 4.25. The van der Waals surface area contributed by atoms with E-state index in [0.717, 1.165) is 19.0 Å². The zero-order valence-electron chi connectivity index (χ0n) is 9.28. The first kappa shape index (κ1) is 12.2. The number of thioether (sulfide) groups is 1. The van der Waals surface area contributed by atoms with Crippen LogP contribution in [0, 0.1) is 0 Å². The molecule has 1 heterocycles. The van der Waals surface area contributed by atoms with Crippen molar-refractivity contribution in [2.45, 2.75) is 19.4 Å². The lowest BCUT2D eigenvalue weighted by Crippen LogP contribution is -2.08. The number of hydrogen-bond acceptors (Lipinski definition) is 3. The number of anilines is 1. The molecule has 0 bridgehead atoms. The van der Waals surface area contributed by atoms with Crippen molar-refractivity contribution in [1.82, 2.24) is 9.55 Å². The zero-order chi connectivity index (χ0) is 10.9. The summed E-state index contributed by atoms with van der Waals surface area (Å²) in [7, 11) is 0. The van der Waals surface area contributed by atoms with Gasteiger partial charge in [-0.3, -0.25) is 0 Å². The standard InChI is InChI=1S/C11H19N3S/c1-3-8-14-9-7-13-11(14)12-6-4-5-10-15-2/h3,7,9H,1,4-6,8,10H2,2H3,(H,12,13). The molecule has 0 saturated carbocycles. The third-order valence-electron chi connectivity index (χ3n) is 2.10. The van der Waals surface area contributed by atoms with Gasteiger partial charge in [-0.1, -0.05) is 6.08 Å². The van der Waals surface area contributed by atoms with E-state index in [1.165, 1.54) is 18.6 Å². The van der Waals surface area contributed by atoms with Crippen LogP contribution in [0.4, 0.5) is 5.95 Å². The Balaban J connectivity index is 2.24. The van der Waals surface area contributed by atoms with Crippen LogP contribution in [0.25, 0.3) is 0 Å². The summed E-state index contributed by atoms with van der Waals surface area (Å²) >= 11 is 1.90. The second kappa shape index (κ2) is 7.40. The molecule has 0 amide bonds. The van der Waals surface area contributed by atoms with Crippen molar-refractivity contribution in [1.29, 1.82) is 0 Å². The van der Waals surface area contributed by atoms with Gasteiger partial charge in [0.15, 0.2) is 0 Å². The third-order valence-corrected chi connectivity index (χ3v) is 2.80. The Kier molecular flexibility index (Phi) is 6.00. The minimum Gasteiger partial charge on any atom is -0.356 e. The van der Waals surface area contributed by atoms with E-state index in [1.807, 2.05) is 30.2 Å². The van der Waals surface area contributed by atoms with Crippen molar-refractivity contribution >= 4 is 17.7 Å². The lowest BCUT2D eigenvalue weighted by Gasteiger charge is -2.07. The monoisotopic (exact) mass is 225 g/mol. The van der Waals surface area contributed by atoms with E-state index >= 15 is 0 Å². The highest BCUT2D eigenvalue weighted by Crippen LogP contribution is 2.05. The van der Waals surface area contributed by atoms with Crippen LogP contribution in [0.3, 0.4) is 0 Å². The van der Waals surface area contributed by atoms with Gasteiger partial charge in [-0.25, -0.2) is 4.98 Å². The van der Waals surface area contributed by atoms with Crippen LogP contribution >= 0.6 is 11.8 Å². The van der Waals surface area contributed by atoms with Crippen molar-refractivity contribution in [2.24, 2.45) is 0 Å². The molecule has 0 aliphatic rings. The summed E-state index contributed by atoms with van der Waals surface area (Å²) in [6, 6.07) is 0. The number of unbranched alkanes of at least 4 members (excludes halogenated alkanes) is 1. The maximum absolute atomic E-state index is 4.25. The summed E-state index contributed by atoms with van der Waals surface area (Å²) in [5.74, 6) is 2.18. The van der Waals surface area contributed by atoms with Crippen molar-refractivity contribution < 1.29 is 0 Å². The molecule has 0 aliphatic carbocycles. The molecule has 0 aliphatic heterocycles. The van der Waals surface area contributed by atoms with Crippen LogP contribution in [0.15, 0.2) is 25.0 Å². The molecule has 1 N–H and O–H groups in total. The summed E-state index contributed by atoms with van der Waals surface area (Å²) in [6.07, 6.45) is 10.3. The second-order valence-corrected chi connectivity index (χ2v) is 4.30. The highest BCUT2D eigenvalue weighted by molar-refractivity contribution is 7.98. The van der Waals surface area contributed by atoms with E-state index in [4.69, 9.17) is 0 Å². The van der Waals surface area contributed by atoms with Gasteiger partial charge in [-0.05, 0) is 24.9 Å². The number of rotatable bonds is 8. The third kappa shape index (κ3) is 4.42. The first-order valence-corrected chi connectivity index (χ1v) is 6.62. The predicted molar refractivity (Wildman–Crippen MR) is 68.5 cm³/mol. The Morgan fingerprint density at radius 2 is 2.47 bits per heavy atom. The first-order valence-electron chi connectivity index (χ1n) is 5.23. The summed E-state index contributed by atoms with van der Waals surface area (Å²) < 4.78 is 2.06. The quantitative estimate of drug-likeness (QED) is 0.545. The smallest absolute Gasteiger partial charge is 0.203 e. The van der Waals surface area contributed by atoms with Crippen LogP contribution < -0.4 is 5.32 Å². The van der Waals surface area contributed by atoms with Gasteiger partial charge >= 0.3 is 0 Å². The SMILES string of the molecule is C=CCn1ccnc1NCCCCSC. The Morgan fingerprint density at radius 3 is 3.20 bits per heavy atom. The average molecular weight is 225 g/mol. The number of nitrogens with one attached hydrogen (secondary N) is 1. The molecule has 15 heavy (non-hydrogen) atoms. The maximum Gasteiger partial charge on any atom is 0.203 e. The summed E-state index contributed by atoms with van der Waals surface area (Å²) in [5, 5.41) is 3.33. The van der Waals surface area contributed by atoms with Gasteiger partial charge in [-0.15, -0.1) is 6.58 Å². The average Bonchev–Trinajstić information content (AvgIpc) is 2.66. The van der Waals surface area contributed by atoms with E-state index in [2.05, 4.69) is 27.7 Å². The molecule has 1 rings (SSSR count). The Labute approximate surface area is 96.0 Å². The minimum atomic E-state index is 0.813. The van der Waals surface area contributed by atoms with Gasteiger partial charge in [0.25, 0.3) is 0 Å². The molecular weight excluding hydrogens is 206 g/mol. The molecule has 0 radical (unpaired) electrons. The topological polar surface area (TPSA) is 29.9 Å². The van der Waals surface area contributed by atoms with Gasteiger partial charge in [0.05, 0.1) is 0 Å². The van der Waals surface area contributed by atoms with Crippen molar-refractivity contribution in [3.63, 3.8) is 0 Å². The number of hydrogen-bond donors (Lipinski definition) is 1. The van der Waals surface area contributed by atoms with Gasteiger partial charge in [-0.2, -0.15) is 11.8 Å². The fraction of sp³-hybridized carbons (Fsp3) is 0.545. The molecule has 0 atom stereocenters. The second-order valence-electron chi connectivity index (χ2n) is 3.32. The molecular formula is C11H19N3S. The van der Waals surface area contributed by atoms with Crippen LogP contribution in [-0.4, -0.2) is 28.1 Å². The lowest BCUT2D eigenvalue weighted by molar-refractivity contribution is 0.791. The fourth-order valence-corrected chi connectivity index (χ4v) is 1.83. The van der Waals surface area contributed by atoms with Crippen molar-refractivity contribution in [3.05, 3.63) is 25.0 Å². The highest BCUT2D eigenvalue weighted by Gasteiger charge is 1.98. The minimum absolute atomic E-state index is 0.813. The molecule has 1 aromatic rings. The van der Waals surface area contributed by atoms with Crippen LogP contribution in [-0.2, 0) is 6.54 Å². The van der Waals surface area contributed by atoms with E-state index in [1.54, 1.807) is 0 Å². The summed E-state index contributed by atoms with van der Waals surface area (Å²) in [6.45, 7) is 5.53. The molecule has 4 heteroatoms. The molecule has 0 saturated heterocycles. The fourth-order valence-electron chi connectivity index (χ4n) is 1.33. The van der Waals surface area contributed by atoms with E-state index in [-0.39, 0.29) is 0 Å². The molecule has 0 fully saturated rings. The number of aromatic nitrogens is 2. The van der Waals surface area contributed by atoms with Gasteiger partial charge < -0.3 is 9.88 Å². The number of imidazole rings is 1.